The van der Waals surface area contributed by atoms with Crippen LogP contribution in [0, 0.1) is 5.92 Å². The Morgan fingerprint density at radius 1 is 1.08 bits per heavy atom. The van der Waals surface area contributed by atoms with Crippen LogP contribution < -0.4 is 0 Å². The highest BCUT2D eigenvalue weighted by atomic mass is 16.5. The highest BCUT2D eigenvalue weighted by molar-refractivity contribution is 5.79. The number of hydrogen-bond donors (Lipinski definition) is 0. The van der Waals surface area contributed by atoms with Gasteiger partial charge < -0.3 is 19.3 Å². The second-order valence-corrected chi connectivity index (χ2v) is 7.61. The second-order valence-electron chi connectivity index (χ2n) is 7.61. The van der Waals surface area contributed by atoms with E-state index in [0.717, 1.165) is 84.5 Å². The largest absolute Gasteiger partial charge is 0.381 e. The zero-order valence-corrected chi connectivity index (χ0v) is 15.5. The first kappa shape index (κ1) is 18.2. The smallest absolute Gasteiger partial charge is 0.225 e. The van der Waals surface area contributed by atoms with Crippen LogP contribution in [0.3, 0.4) is 0 Å². The molecule has 0 aromatic carbocycles. The topological polar surface area (TPSA) is 42.0 Å². The molecular formula is C19H34N2O3. The Morgan fingerprint density at radius 3 is 2.38 bits per heavy atom. The van der Waals surface area contributed by atoms with Crippen molar-refractivity contribution >= 4 is 5.91 Å². The molecule has 5 nitrogen and oxygen atoms in total. The summed E-state index contributed by atoms with van der Waals surface area (Å²) in [6, 6.07) is 0.645. The molecule has 3 aliphatic heterocycles. The highest BCUT2D eigenvalue weighted by Gasteiger charge is 2.42. The lowest BCUT2D eigenvalue weighted by molar-refractivity contribution is -0.154. The van der Waals surface area contributed by atoms with Crippen molar-refractivity contribution in [1.29, 1.82) is 0 Å². The van der Waals surface area contributed by atoms with Crippen molar-refractivity contribution in [2.24, 2.45) is 5.92 Å². The summed E-state index contributed by atoms with van der Waals surface area (Å²) >= 11 is 0. The molecule has 3 heterocycles. The van der Waals surface area contributed by atoms with Crippen LogP contribution in [-0.2, 0) is 14.3 Å². The summed E-state index contributed by atoms with van der Waals surface area (Å²) in [4.78, 5) is 17.4. The molecule has 3 rings (SSSR count). The average molecular weight is 338 g/mol. The minimum absolute atomic E-state index is 0.0119. The van der Waals surface area contributed by atoms with E-state index in [4.69, 9.17) is 9.47 Å². The Labute approximate surface area is 146 Å². The molecule has 1 amide bonds. The van der Waals surface area contributed by atoms with Gasteiger partial charge in [0.15, 0.2) is 0 Å². The predicted molar refractivity (Wildman–Crippen MR) is 94.0 cm³/mol. The van der Waals surface area contributed by atoms with Gasteiger partial charge in [-0.25, -0.2) is 0 Å². The Morgan fingerprint density at radius 2 is 1.75 bits per heavy atom. The predicted octanol–water partition coefficient (Wildman–Crippen LogP) is 2.29. The summed E-state index contributed by atoms with van der Waals surface area (Å²) in [5.41, 5.74) is 0.0119. The molecular weight excluding hydrogens is 304 g/mol. The maximum atomic E-state index is 12.7. The van der Waals surface area contributed by atoms with Gasteiger partial charge in [-0.3, -0.25) is 4.79 Å². The molecule has 5 heteroatoms. The second kappa shape index (κ2) is 8.15. The van der Waals surface area contributed by atoms with Gasteiger partial charge in [0.05, 0.1) is 5.60 Å². The Balaban J connectivity index is 1.54. The molecule has 0 aliphatic carbocycles. The number of amides is 1. The number of carbonyl (C=O) groups is 1. The Bertz CT molecular complexity index is 411. The first-order chi connectivity index (χ1) is 11.7. The van der Waals surface area contributed by atoms with E-state index in [0.29, 0.717) is 11.9 Å². The van der Waals surface area contributed by atoms with Crippen LogP contribution in [0.5, 0.6) is 0 Å². The fourth-order valence-electron chi connectivity index (χ4n) is 4.74. The molecule has 24 heavy (non-hydrogen) atoms. The van der Waals surface area contributed by atoms with Gasteiger partial charge >= 0.3 is 0 Å². The quantitative estimate of drug-likeness (QED) is 0.789. The van der Waals surface area contributed by atoms with Crippen LogP contribution in [0.2, 0.25) is 0 Å². The van der Waals surface area contributed by atoms with Gasteiger partial charge in [0, 0.05) is 44.9 Å². The Kier molecular flexibility index (Phi) is 6.17. The van der Waals surface area contributed by atoms with Gasteiger partial charge in [-0.05, 0) is 51.6 Å². The standard InChI is InChI=1S/C19H34N2O3/c1-3-20(4-2)17-7-14-24-19(15-17)8-10-21(11-9-19)18(22)16-5-12-23-13-6-16/h16-17H,3-15H2,1-2H3. The number of carbonyl (C=O) groups excluding carboxylic acids is 1. The summed E-state index contributed by atoms with van der Waals surface area (Å²) in [5, 5.41) is 0. The lowest BCUT2D eigenvalue weighted by Gasteiger charge is -2.48. The van der Waals surface area contributed by atoms with Crippen molar-refractivity contribution in [2.45, 2.75) is 64.0 Å². The van der Waals surface area contributed by atoms with Crippen LogP contribution in [-0.4, -0.2) is 73.3 Å². The molecule has 138 valence electrons. The lowest BCUT2D eigenvalue weighted by Crippen LogP contribution is -2.55. The van der Waals surface area contributed by atoms with E-state index in [-0.39, 0.29) is 11.5 Å². The third-order valence-corrected chi connectivity index (χ3v) is 6.35. The van der Waals surface area contributed by atoms with Crippen molar-refractivity contribution < 1.29 is 14.3 Å². The van der Waals surface area contributed by atoms with Crippen molar-refractivity contribution in [3.8, 4) is 0 Å². The molecule has 1 atom stereocenters. The molecule has 1 unspecified atom stereocenters. The molecule has 0 N–H and O–H groups in total. The van der Waals surface area contributed by atoms with Crippen molar-refractivity contribution in [1.82, 2.24) is 9.80 Å². The SMILES string of the molecule is CCN(CC)C1CCOC2(CCN(C(=O)C3CCOCC3)CC2)C1. The zero-order chi connectivity index (χ0) is 17.0. The number of rotatable bonds is 4. The van der Waals surface area contributed by atoms with E-state index in [1.165, 1.54) is 0 Å². The van der Waals surface area contributed by atoms with E-state index in [9.17, 15) is 4.79 Å². The zero-order valence-electron chi connectivity index (χ0n) is 15.5. The molecule has 3 saturated heterocycles. The minimum atomic E-state index is 0.0119. The van der Waals surface area contributed by atoms with Gasteiger partial charge in [0.1, 0.15) is 0 Å². The number of likely N-dealkylation sites (tertiary alicyclic amines) is 1. The van der Waals surface area contributed by atoms with E-state index < -0.39 is 0 Å². The van der Waals surface area contributed by atoms with Crippen LogP contribution in [0.4, 0.5) is 0 Å². The Hall–Kier alpha value is -0.650. The monoisotopic (exact) mass is 338 g/mol. The fourth-order valence-corrected chi connectivity index (χ4v) is 4.74. The molecule has 3 fully saturated rings. The normalized spacial score (nSPS) is 28.5. The summed E-state index contributed by atoms with van der Waals surface area (Å²) in [7, 11) is 0. The van der Waals surface area contributed by atoms with E-state index >= 15 is 0 Å². The highest BCUT2D eigenvalue weighted by Crippen LogP contribution is 2.37. The van der Waals surface area contributed by atoms with Gasteiger partial charge in [-0.15, -0.1) is 0 Å². The van der Waals surface area contributed by atoms with Crippen molar-refractivity contribution in [2.75, 3.05) is 46.0 Å². The third kappa shape index (κ3) is 3.94. The van der Waals surface area contributed by atoms with Gasteiger partial charge in [0.2, 0.25) is 5.91 Å². The first-order valence-electron chi connectivity index (χ1n) is 9.92. The molecule has 3 aliphatic rings. The molecule has 0 radical (unpaired) electrons. The number of piperidine rings is 1. The van der Waals surface area contributed by atoms with Crippen LogP contribution >= 0.6 is 0 Å². The maximum absolute atomic E-state index is 12.7. The fraction of sp³-hybridized carbons (Fsp3) is 0.947. The van der Waals surface area contributed by atoms with Gasteiger partial charge in [0.25, 0.3) is 0 Å². The van der Waals surface area contributed by atoms with E-state index in [1.54, 1.807) is 0 Å². The van der Waals surface area contributed by atoms with Crippen LogP contribution in [0.25, 0.3) is 0 Å². The van der Waals surface area contributed by atoms with Crippen molar-refractivity contribution in [3.05, 3.63) is 0 Å². The summed E-state index contributed by atoms with van der Waals surface area (Å²) in [6.45, 7) is 10.8. The van der Waals surface area contributed by atoms with Crippen molar-refractivity contribution in [3.63, 3.8) is 0 Å². The molecule has 0 saturated carbocycles. The first-order valence-corrected chi connectivity index (χ1v) is 9.92. The van der Waals surface area contributed by atoms with Crippen LogP contribution in [0.1, 0.15) is 52.4 Å². The summed E-state index contributed by atoms with van der Waals surface area (Å²) in [6.07, 6.45) is 6.06. The minimum Gasteiger partial charge on any atom is -0.381 e. The van der Waals surface area contributed by atoms with Gasteiger partial charge in [-0.1, -0.05) is 13.8 Å². The summed E-state index contributed by atoms with van der Waals surface area (Å²) in [5.74, 6) is 0.535. The third-order valence-electron chi connectivity index (χ3n) is 6.35. The molecule has 0 bridgehead atoms. The number of ether oxygens (including phenoxy) is 2. The van der Waals surface area contributed by atoms with Gasteiger partial charge in [-0.2, -0.15) is 0 Å². The van der Waals surface area contributed by atoms with Crippen LogP contribution in [0.15, 0.2) is 0 Å². The lowest BCUT2D eigenvalue weighted by atomic mass is 9.81. The molecule has 0 aromatic heterocycles. The van der Waals surface area contributed by atoms with E-state index in [1.807, 2.05) is 0 Å². The molecule has 0 aromatic rings. The number of hydrogen-bond acceptors (Lipinski definition) is 4. The van der Waals surface area contributed by atoms with E-state index in [2.05, 4.69) is 23.6 Å². The molecule has 1 spiro atoms. The maximum Gasteiger partial charge on any atom is 0.225 e. The average Bonchev–Trinajstić information content (AvgIpc) is 2.64. The summed E-state index contributed by atoms with van der Waals surface area (Å²) < 4.78 is 11.7. The number of nitrogens with zero attached hydrogens (tertiary/aromatic N) is 2.